The maximum atomic E-state index is 12.0. The summed E-state index contributed by atoms with van der Waals surface area (Å²) in [5, 5.41) is 5.89. The van der Waals surface area contributed by atoms with Crippen molar-refractivity contribution in [3.63, 3.8) is 0 Å². The molecule has 2 amide bonds. The van der Waals surface area contributed by atoms with Gasteiger partial charge in [0.05, 0.1) is 12.2 Å². The fraction of sp³-hybridized carbons (Fsp3) is 0.611. The summed E-state index contributed by atoms with van der Waals surface area (Å²) in [4.78, 5) is 28.0. The number of pyridine rings is 1. The molecule has 2 rings (SSSR count). The smallest absolute Gasteiger partial charge is 0.220 e. The van der Waals surface area contributed by atoms with Gasteiger partial charge in [0, 0.05) is 25.1 Å². The highest BCUT2D eigenvalue weighted by Crippen LogP contribution is 2.29. The number of amides is 2. The molecule has 1 aromatic heterocycles. The van der Waals surface area contributed by atoms with Crippen molar-refractivity contribution in [2.24, 2.45) is 11.8 Å². The van der Waals surface area contributed by atoms with Crippen LogP contribution in [-0.4, -0.2) is 22.8 Å². The average molecular weight is 317 g/mol. The first-order valence-electron chi connectivity index (χ1n) is 8.52. The number of carbonyl (C=O) groups excluding carboxylic acids is 2. The zero-order chi connectivity index (χ0) is 16.7. The van der Waals surface area contributed by atoms with E-state index in [1.54, 1.807) is 6.20 Å². The topological polar surface area (TPSA) is 71.1 Å². The number of nitrogens with one attached hydrogen (secondary N) is 2. The Labute approximate surface area is 138 Å². The molecular formula is C18H27N3O2. The molecule has 3 atom stereocenters. The minimum atomic E-state index is -0.115. The van der Waals surface area contributed by atoms with E-state index in [4.69, 9.17) is 0 Å². The first-order chi connectivity index (χ1) is 11.1. The van der Waals surface area contributed by atoms with Gasteiger partial charge in [0.2, 0.25) is 11.8 Å². The van der Waals surface area contributed by atoms with Crippen LogP contribution in [0.1, 0.15) is 51.6 Å². The molecule has 1 saturated carbocycles. The monoisotopic (exact) mass is 317 g/mol. The molecule has 0 saturated heterocycles. The van der Waals surface area contributed by atoms with Gasteiger partial charge in [-0.15, -0.1) is 0 Å². The molecule has 126 valence electrons. The van der Waals surface area contributed by atoms with Gasteiger partial charge in [0.15, 0.2) is 0 Å². The Bertz CT molecular complexity index is 518. The van der Waals surface area contributed by atoms with Crippen molar-refractivity contribution in [1.29, 1.82) is 0 Å². The molecule has 0 aliphatic heterocycles. The van der Waals surface area contributed by atoms with Gasteiger partial charge in [-0.05, 0) is 30.4 Å². The molecule has 1 heterocycles. The molecule has 0 spiro atoms. The van der Waals surface area contributed by atoms with Crippen LogP contribution in [-0.2, 0) is 16.1 Å². The van der Waals surface area contributed by atoms with Crippen LogP contribution in [0.5, 0.6) is 0 Å². The van der Waals surface area contributed by atoms with E-state index in [1.807, 2.05) is 18.2 Å². The Kier molecular flexibility index (Phi) is 6.56. The Morgan fingerprint density at radius 3 is 2.70 bits per heavy atom. The molecule has 2 N–H and O–H groups in total. The van der Waals surface area contributed by atoms with Crippen molar-refractivity contribution in [2.45, 2.75) is 58.5 Å². The zero-order valence-electron chi connectivity index (χ0n) is 14.0. The third-order valence-electron chi connectivity index (χ3n) is 4.83. The van der Waals surface area contributed by atoms with Crippen LogP contribution >= 0.6 is 0 Å². The maximum absolute atomic E-state index is 12.0. The zero-order valence-corrected chi connectivity index (χ0v) is 14.0. The normalized spacial score (nSPS) is 24.0. The Balaban J connectivity index is 1.66. The molecule has 1 aromatic rings. The first-order valence-corrected chi connectivity index (χ1v) is 8.52. The number of nitrogens with zero attached hydrogens (tertiary/aromatic N) is 1. The average Bonchev–Trinajstić information content (AvgIpc) is 2.56. The fourth-order valence-corrected chi connectivity index (χ4v) is 3.07. The van der Waals surface area contributed by atoms with Gasteiger partial charge in [-0.3, -0.25) is 14.6 Å². The van der Waals surface area contributed by atoms with Gasteiger partial charge in [-0.25, -0.2) is 0 Å². The lowest BCUT2D eigenvalue weighted by Gasteiger charge is -2.34. The van der Waals surface area contributed by atoms with Gasteiger partial charge in [0.25, 0.3) is 0 Å². The van der Waals surface area contributed by atoms with E-state index in [0.717, 1.165) is 12.1 Å². The highest BCUT2D eigenvalue weighted by Gasteiger charge is 2.27. The maximum Gasteiger partial charge on any atom is 0.220 e. The predicted octanol–water partition coefficient (Wildman–Crippen LogP) is 2.42. The molecule has 0 bridgehead atoms. The van der Waals surface area contributed by atoms with E-state index in [9.17, 15) is 9.59 Å². The van der Waals surface area contributed by atoms with Gasteiger partial charge in [0.1, 0.15) is 0 Å². The van der Waals surface area contributed by atoms with Crippen molar-refractivity contribution in [3.8, 4) is 0 Å². The molecule has 0 aromatic carbocycles. The Morgan fingerprint density at radius 2 is 1.96 bits per heavy atom. The van der Waals surface area contributed by atoms with Crippen molar-refractivity contribution in [3.05, 3.63) is 30.1 Å². The molecule has 5 heteroatoms. The Hall–Kier alpha value is -1.91. The molecule has 1 aliphatic carbocycles. The fourth-order valence-electron chi connectivity index (χ4n) is 3.07. The second-order valence-electron chi connectivity index (χ2n) is 6.54. The summed E-state index contributed by atoms with van der Waals surface area (Å²) in [5.74, 6) is 1.02. The number of hydrogen-bond acceptors (Lipinski definition) is 3. The van der Waals surface area contributed by atoms with Gasteiger partial charge in [-0.1, -0.05) is 32.8 Å². The lowest BCUT2D eigenvalue weighted by atomic mass is 9.78. The third kappa shape index (κ3) is 5.66. The largest absolute Gasteiger partial charge is 0.353 e. The van der Waals surface area contributed by atoms with E-state index >= 15 is 0 Å². The minimum absolute atomic E-state index is 0.0241. The van der Waals surface area contributed by atoms with Crippen LogP contribution in [0.2, 0.25) is 0 Å². The standard InChI is InChI=1S/C18H27N3O2/c1-13-6-5-8-16(14(13)2)21-18(23)10-9-17(22)20-12-15-7-3-4-11-19-15/h3-4,7,11,13-14,16H,5-6,8-10,12H2,1-2H3,(H,20,22)(H,21,23)/t13-,14-,16-/m1/s1. The molecule has 23 heavy (non-hydrogen) atoms. The van der Waals surface area contributed by atoms with Crippen LogP contribution < -0.4 is 10.6 Å². The quantitative estimate of drug-likeness (QED) is 0.846. The lowest BCUT2D eigenvalue weighted by molar-refractivity contribution is -0.127. The van der Waals surface area contributed by atoms with Crippen LogP contribution in [0, 0.1) is 11.8 Å². The summed E-state index contributed by atoms with van der Waals surface area (Å²) >= 11 is 0. The van der Waals surface area contributed by atoms with Gasteiger partial charge >= 0.3 is 0 Å². The van der Waals surface area contributed by atoms with Crippen LogP contribution in [0.15, 0.2) is 24.4 Å². The molecule has 1 aliphatic rings. The van der Waals surface area contributed by atoms with Gasteiger partial charge in [-0.2, -0.15) is 0 Å². The third-order valence-corrected chi connectivity index (χ3v) is 4.83. The van der Waals surface area contributed by atoms with Crippen molar-refractivity contribution < 1.29 is 9.59 Å². The minimum Gasteiger partial charge on any atom is -0.353 e. The van der Waals surface area contributed by atoms with E-state index in [-0.39, 0.29) is 30.7 Å². The van der Waals surface area contributed by atoms with Gasteiger partial charge < -0.3 is 10.6 Å². The number of carbonyl (C=O) groups is 2. The summed E-state index contributed by atoms with van der Waals surface area (Å²) in [6.07, 6.45) is 5.61. The number of hydrogen-bond donors (Lipinski definition) is 2. The molecule has 0 radical (unpaired) electrons. The highest BCUT2D eigenvalue weighted by molar-refractivity contribution is 5.83. The second-order valence-corrected chi connectivity index (χ2v) is 6.54. The molecule has 0 unspecified atom stereocenters. The highest BCUT2D eigenvalue weighted by atomic mass is 16.2. The van der Waals surface area contributed by atoms with E-state index in [2.05, 4.69) is 29.5 Å². The van der Waals surface area contributed by atoms with Crippen LogP contribution in [0.3, 0.4) is 0 Å². The second kappa shape index (κ2) is 8.65. The van der Waals surface area contributed by atoms with Crippen LogP contribution in [0.25, 0.3) is 0 Å². The molecule has 1 fully saturated rings. The summed E-state index contributed by atoms with van der Waals surface area (Å²) in [7, 11) is 0. The van der Waals surface area contributed by atoms with Crippen molar-refractivity contribution in [1.82, 2.24) is 15.6 Å². The van der Waals surface area contributed by atoms with E-state index < -0.39 is 0 Å². The van der Waals surface area contributed by atoms with E-state index in [0.29, 0.717) is 18.4 Å². The van der Waals surface area contributed by atoms with Crippen LogP contribution in [0.4, 0.5) is 0 Å². The predicted molar refractivity (Wildman–Crippen MR) is 89.4 cm³/mol. The summed E-state index contributed by atoms with van der Waals surface area (Å²) < 4.78 is 0. The summed E-state index contributed by atoms with van der Waals surface area (Å²) in [6.45, 7) is 4.85. The SMILES string of the molecule is C[C@@H]1[C@H](C)CCC[C@H]1NC(=O)CCC(=O)NCc1ccccn1. The number of aromatic nitrogens is 1. The van der Waals surface area contributed by atoms with E-state index in [1.165, 1.54) is 12.8 Å². The van der Waals surface area contributed by atoms with Crippen molar-refractivity contribution >= 4 is 11.8 Å². The molecule has 5 nitrogen and oxygen atoms in total. The summed E-state index contributed by atoms with van der Waals surface area (Å²) in [6, 6.07) is 5.83. The number of rotatable bonds is 6. The molecular weight excluding hydrogens is 290 g/mol. The summed E-state index contributed by atoms with van der Waals surface area (Å²) in [5.41, 5.74) is 0.815. The first kappa shape index (κ1) is 17.4. The Morgan fingerprint density at radius 1 is 1.17 bits per heavy atom. The lowest BCUT2D eigenvalue weighted by Crippen LogP contribution is -2.43. The van der Waals surface area contributed by atoms with Crippen molar-refractivity contribution in [2.75, 3.05) is 0 Å².